The lowest BCUT2D eigenvalue weighted by Crippen LogP contribution is -2.36. The van der Waals surface area contributed by atoms with Crippen LogP contribution in [0, 0.1) is 11.8 Å². The first kappa shape index (κ1) is 10.4. The molecule has 72 valence electrons. The zero-order valence-corrected chi connectivity index (χ0v) is 9.07. The molecule has 0 saturated heterocycles. The van der Waals surface area contributed by atoms with E-state index in [1.54, 1.807) is 0 Å². The van der Waals surface area contributed by atoms with Crippen molar-refractivity contribution < 1.29 is 0 Å². The summed E-state index contributed by atoms with van der Waals surface area (Å²) >= 11 is 2.02. The van der Waals surface area contributed by atoms with Gasteiger partial charge in [-0.3, -0.25) is 0 Å². The first-order valence-electron chi connectivity index (χ1n) is 5.03. The van der Waals surface area contributed by atoms with E-state index in [1.807, 2.05) is 11.8 Å². The molecule has 1 nitrogen and oxygen atoms in total. The average molecular weight is 187 g/mol. The molecule has 1 rings (SSSR count). The third kappa shape index (κ3) is 3.36. The van der Waals surface area contributed by atoms with Crippen molar-refractivity contribution in [1.82, 2.24) is 0 Å². The Hall–Kier alpha value is 0.310. The summed E-state index contributed by atoms with van der Waals surface area (Å²) in [5.74, 6) is 4.09. The highest BCUT2D eigenvalue weighted by molar-refractivity contribution is 7.99. The zero-order valence-electron chi connectivity index (χ0n) is 8.25. The molecule has 0 aliphatic heterocycles. The quantitative estimate of drug-likeness (QED) is 0.715. The van der Waals surface area contributed by atoms with Crippen LogP contribution in [-0.2, 0) is 0 Å². The molecule has 0 radical (unpaired) electrons. The fourth-order valence-electron chi connectivity index (χ4n) is 1.44. The van der Waals surface area contributed by atoms with Crippen molar-refractivity contribution in [2.75, 3.05) is 11.5 Å². The van der Waals surface area contributed by atoms with Gasteiger partial charge in [0.2, 0.25) is 0 Å². The van der Waals surface area contributed by atoms with Crippen LogP contribution in [0.5, 0.6) is 0 Å². The predicted octanol–water partition coefficient (Wildman–Crippen LogP) is 2.50. The molecule has 1 atom stereocenters. The van der Waals surface area contributed by atoms with E-state index in [9.17, 15) is 0 Å². The fraction of sp³-hybridized carbons (Fsp3) is 1.00. The Morgan fingerprint density at radius 1 is 1.33 bits per heavy atom. The first-order valence-corrected chi connectivity index (χ1v) is 6.19. The summed E-state index contributed by atoms with van der Waals surface area (Å²) in [5.41, 5.74) is 6.04. The third-order valence-corrected chi connectivity index (χ3v) is 4.04. The number of nitrogens with two attached hydrogens (primary N) is 1. The van der Waals surface area contributed by atoms with Crippen molar-refractivity contribution >= 4 is 11.8 Å². The van der Waals surface area contributed by atoms with Gasteiger partial charge in [-0.1, -0.05) is 20.3 Å². The summed E-state index contributed by atoms with van der Waals surface area (Å²) in [6.07, 6.45) is 4.17. The molecule has 1 fully saturated rings. The monoisotopic (exact) mass is 187 g/mol. The second-order valence-corrected chi connectivity index (χ2v) is 5.36. The van der Waals surface area contributed by atoms with Crippen molar-refractivity contribution in [3.63, 3.8) is 0 Å². The normalized spacial score (nSPS) is 21.0. The molecule has 0 aromatic carbocycles. The van der Waals surface area contributed by atoms with Gasteiger partial charge < -0.3 is 5.73 Å². The summed E-state index contributed by atoms with van der Waals surface area (Å²) in [6.45, 7) is 4.53. The lowest BCUT2D eigenvalue weighted by molar-refractivity contribution is 0.276. The molecule has 2 N–H and O–H groups in total. The maximum Gasteiger partial charge on any atom is 0.0158 e. The van der Waals surface area contributed by atoms with Gasteiger partial charge in [0.05, 0.1) is 0 Å². The predicted molar refractivity (Wildman–Crippen MR) is 57.5 cm³/mol. The maximum absolute atomic E-state index is 6.04. The van der Waals surface area contributed by atoms with E-state index < -0.39 is 0 Å². The molecule has 1 aliphatic rings. The van der Waals surface area contributed by atoms with Crippen molar-refractivity contribution in [2.24, 2.45) is 17.6 Å². The molecule has 0 bridgehead atoms. The second-order valence-electron chi connectivity index (χ2n) is 4.29. The van der Waals surface area contributed by atoms with Crippen LogP contribution < -0.4 is 5.73 Å². The van der Waals surface area contributed by atoms with Gasteiger partial charge >= 0.3 is 0 Å². The van der Waals surface area contributed by atoms with Crippen molar-refractivity contribution in [3.8, 4) is 0 Å². The SMILES string of the molecule is CC(C)CSCC(N)C1CCC1. The van der Waals surface area contributed by atoms with Crippen molar-refractivity contribution in [1.29, 1.82) is 0 Å². The molecule has 1 aliphatic carbocycles. The third-order valence-electron chi connectivity index (χ3n) is 2.52. The van der Waals surface area contributed by atoms with Crippen molar-refractivity contribution in [2.45, 2.75) is 39.2 Å². The highest BCUT2D eigenvalue weighted by Gasteiger charge is 2.23. The van der Waals surface area contributed by atoms with Gasteiger partial charge in [0, 0.05) is 11.8 Å². The molecule has 0 amide bonds. The molecular weight excluding hydrogens is 166 g/mol. The second kappa shape index (κ2) is 5.13. The molecule has 0 spiro atoms. The van der Waals surface area contributed by atoms with Gasteiger partial charge in [-0.15, -0.1) is 0 Å². The van der Waals surface area contributed by atoms with Crippen LogP contribution in [0.1, 0.15) is 33.1 Å². The zero-order chi connectivity index (χ0) is 8.97. The summed E-state index contributed by atoms with van der Waals surface area (Å²) in [5, 5.41) is 0. The maximum atomic E-state index is 6.04. The van der Waals surface area contributed by atoms with E-state index >= 15 is 0 Å². The molecule has 1 unspecified atom stereocenters. The van der Waals surface area contributed by atoms with E-state index in [-0.39, 0.29) is 0 Å². The summed E-state index contributed by atoms with van der Waals surface area (Å²) in [4.78, 5) is 0. The summed E-state index contributed by atoms with van der Waals surface area (Å²) in [7, 11) is 0. The number of hydrogen-bond donors (Lipinski definition) is 1. The molecular formula is C10H21NS. The van der Waals surface area contributed by atoms with E-state index in [1.165, 1.54) is 30.8 Å². The van der Waals surface area contributed by atoms with Crippen LogP contribution in [0.25, 0.3) is 0 Å². The molecule has 1 saturated carbocycles. The van der Waals surface area contributed by atoms with Gasteiger partial charge in [0.25, 0.3) is 0 Å². The fourth-order valence-corrected chi connectivity index (χ4v) is 2.60. The van der Waals surface area contributed by atoms with Crippen LogP contribution >= 0.6 is 11.8 Å². The minimum Gasteiger partial charge on any atom is -0.327 e. The molecule has 0 heterocycles. The van der Waals surface area contributed by atoms with Crippen LogP contribution in [0.3, 0.4) is 0 Å². The summed E-state index contributed by atoms with van der Waals surface area (Å²) < 4.78 is 0. The van der Waals surface area contributed by atoms with Gasteiger partial charge in [-0.05, 0) is 30.4 Å². The minimum absolute atomic E-state index is 0.475. The van der Waals surface area contributed by atoms with Crippen molar-refractivity contribution in [3.05, 3.63) is 0 Å². The Balaban J connectivity index is 1.98. The Labute approximate surface area is 80.5 Å². The van der Waals surface area contributed by atoms with Gasteiger partial charge in [-0.2, -0.15) is 11.8 Å². The van der Waals surface area contributed by atoms with Gasteiger partial charge in [0.15, 0.2) is 0 Å². The topological polar surface area (TPSA) is 26.0 Å². The Kier molecular flexibility index (Phi) is 4.44. The standard InChI is InChI=1S/C10H21NS/c1-8(2)6-12-7-10(11)9-4-3-5-9/h8-10H,3-7,11H2,1-2H3. The number of thioether (sulfide) groups is 1. The Morgan fingerprint density at radius 2 is 2.00 bits per heavy atom. The van der Waals surface area contributed by atoms with Gasteiger partial charge in [-0.25, -0.2) is 0 Å². The molecule has 0 aromatic rings. The van der Waals surface area contributed by atoms with Gasteiger partial charge in [0.1, 0.15) is 0 Å². The Bertz CT molecular complexity index is 121. The van der Waals surface area contributed by atoms with Crippen LogP contribution in [0.15, 0.2) is 0 Å². The minimum atomic E-state index is 0.475. The smallest absolute Gasteiger partial charge is 0.0158 e. The lowest BCUT2D eigenvalue weighted by Gasteiger charge is -2.31. The van der Waals surface area contributed by atoms with Crippen LogP contribution in [-0.4, -0.2) is 17.5 Å². The highest BCUT2D eigenvalue weighted by Crippen LogP contribution is 2.30. The number of rotatable bonds is 5. The van der Waals surface area contributed by atoms with E-state index in [0.717, 1.165) is 11.8 Å². The van der Waals surface area contributed by atoms with Crippen LogP contribution in [0.4, 0.5) is 0 Å². The lowest BCUT2D eigenvalue weighted by atomic mass is 9.81. The average Bonchev–Trinajstić information content (AvgIpc) is 1.81. The molecule has 0 aromatic heterocycles. The summed E-state index contributed by atoms with van der Waals surface area (Å²) in [6, 6.07) is 0.475. The van der Waals surface area contributed by atoms with E-state index in [4.69, 9.17) is 5.73 Å². The number of hydrogen-bond acceptors (Lipinski definition) is 2. The highest BCUT2D eigenvalue weighted by atomic mass is 32.2. The van der Waals surface area contributed by atoms with Crippen LogP contribution in [0.2, 0.25) is 0 Å². The Morgan fingerprint density at radius 3 is 2.42 bits per heavy atom. The van der Waals surface area contributed by atoms with E-state index in [2.05, 4.69) is 13.8 Å². The van der Waals surface area contributed by atoms with E-state index in [0.29, 0.717) is 6.04 Å². The molecule has 2 heteroatoms. The molecule has 12 heavy (non-hydrogen) atoms. The largest absolute Gasteiger partial charge is 0.327 e. The first-order chi connectivity index (χ1) is 5.70.